The zero-order valence-corrected chi connectivity index (χ0v) is 6.73. The molecule has 2 heteroatoms. The van der Waals surface area contributed by atoms with Crippen LogP contribution in [0.4, 0.5) is 0 Å². The van der Waals surface area contributed by atoms with Crippen LogP contribution in [0.3, 0.4) is 0 Å². The third-order valence-electron chi connectivity index (χ3n) is 1.04. The van der Waals surface area contributed by atoms with Crippen molar-refractivity contribution in [3.05, 3.63) is 30.3 Å². The van der Waals surface area contributed by atoms with Crippen LogP contribution in [0.5, 0.6) is 0 Å². The molecule has 0 aliphatic rings. The molecule has 0 spiro atoms. The molecule has 0 N–H and O–H groups in total. The van der Waals surface area contributed by atoms with Crippen molar-refractivity contribution < 1.29 is 0 Å². The van der Waals surface area contributed by atoms with E-state index in [2.05, 4.69) is 12.1 Å². The Morgan fingerprint density at radius 2 is 1.89 bits per heavy atom. The lowest BCUT2D eigenvalue weighted by Crippen LogP contribution is -1.89. The van der Waals surface area contributed by atoms with E-state index in [1.807, 2.05) is 18.2 Å². The first-order chi connectivity index (χ1) is 4.43. The molecule has 9 heavy (non-hydrogen) atoms. The van der Waals surface area contributed by atoms with E-state index in [9.17, 15) is 0 Å². The Hall–Kier alpha value is -0.0600. The number of benzene rings is 1. The lowest BCUT2D eigenvalue weighted by Gasteiger charge is -1.93. The highest BCUT2D eigenvalue weighted by molar-refractivity contribution is 7.49. The Bertz CT molecular complexity index is 162. The van der Waals surface area contributed by atoms with E-state index in [4.69, 9.17) is 11.6 Å². The topological polar surface area (TPSA) is 0 Å². The monoisotopic (exact) mass is 158 g/mol. The van der Waals surface area contributed by atoms with Crippen molar-refractivity contribution in [1.29, 1.82) is 0 Å². The molecular weight excluding hydrogens is 151 g/mol. The molecule has 0 heterocycles. The fourth-order valence-electron chi connectivity index (χ4n) is 0.633. The van der Waals surface area contributed by atoms with Crippen molar-refractivity contribution in [3.8, 4) is 0 Å². The molecule has 0 nitrogen and oxygen atoms in total. The summed E-state index contributed by atoms with van der Waals surface area (Å²) in [5.74, 6) is 0. The summed E-state index contributed by atoms with van der Waals surface area (Å²) in [6, 6.07) is 10.3. The Kier molecular flexibility index (Phi) is 3.03. The minimum absolute atomic E-state index is 0.740. The fourth-order valence-corrected chi connectivity index (χ4v) is 1.68. The fraction of sp³-hybridized carbons (Fsp3) is 0.143. The maximum atomic E-state index is 5.55. The molecule has 0 saturated carbocycles. The Labute approximate surface area is 62.0 Å². The second-order valence-corrected chi connectivity index (χ2v) is 3.68. The van der Waals surface area contributed by atoms with Crippen LogP contribution in [-0.4, -0.2) is 5.62 Å². The summed E-state index contributed by atoms with van der Waals surface area (Å²) < 4.78 is 0. The first-order valence-corrected chi connectivity index (χ1v) is 4.52. The molecule has 0 fully saturated rings. The van der Waals surface area contributed by atoms with Gasteiger partial charge in [0.25, 0.3) is 0 Å². The molecule has 1 unspecified atom stereocenters. The van der Waals surface area contributed by atoms with Crippen LogP contribution in [0.25, 0.3) is 0 Å². The van der Waals surface area contributed by atoms with Gasteiger partial charge in [0, 0.05) is 5.62 Å². The highest BCUT2D eigenvalue weighted by Gasteiger charge is 1.85. The largest absolute Gasteiger partial charge is 0.122 e. The molecule has 0 aliphatic carbocycles. The minimum Gasteiger partial charge on any atom is -0.122 e. The van der Waals surface area contributed by atoms with Crippen LogP contribution >= 0.6 is 20.2 Å². The number of rotatable bonds is 2. The van der Waals surface area contributed by atoms with Gasteiger partial charge in [-0.3, -0.25) is 0 Å². The van der Waals surface area contributed by atoms with Gasteiger partial charge in [-0.15, -0.1) is 11.6 Å². The highest BCUT2D eigenvalue weighted by atomic mass is 35.5. The summed E-state index contributed by atoms with van der Waals surface area (Å²) in [5, 5.41) is 1.34. The van der Waals surface area contributed by atoms with E-state index < -0.39 is 0 Å². The maximum absolute atomic E-state index is 5.55. The number of halogens is 1. The first-order valence-electron chi connectivity index (χ1n) is 2.78. The summed E-state index contributed by atoms with van der Waals surface area (Å²) in [7, 11) is 0.753. The Balaban J connectivity index is 2.61. The van der Waals surface area contributed by atoms with Crippen LogP contribution in [0, 0.1) is 0 Å². The Morgan fingerprint density at radius 3 is 2.44 bits per heavy atom. The van der Waals surface area contributed by atoms with Gasteiger partial charge in [0.15, 0.2) is 0 Å². The molecule has 0 saturated heterocycles. The molecule has 0 bridgehead atoms. The molecule has 1 aromatic rings. The summed E-state index contributed by atoms with van der Waals surface area (Å²) in [4.78, 5) is 0. The third-order valence-corrected chi connectivity index (χ3v) is 2.32. The van der Waals surface area contributed by atoms with Crippen LogP contribution in [0.1, 0.15) is 0 Å². The average molecular weight is 159 g/mol. The van der Waals surface area contributed by atoms with Gasteiger partial charge in [-0.25, -0.2) is 0 Å². The van der Waals surface area contributed by atoms with Crippen molar-refractivity contribution in [1.82, 2.24) is 0 Å². The van der Waals surface area contributed by atoms with Crippen molar-refractivity contribution >= 4 is 25.5 Å². The smallest absolute Gasteiger partial charge is 0.0437 e. The van der Waals surface area contributed by atoms with Gasteiger partial charge in [0.1, 0.15) is 0 Å². The quantitative estimate of drug-likeness (QED) is 0.457. The van der Waals surface area contributed by atoms with E-state index in [0.717, 1.165) is 14.2 Å². The maximum Gasteiger partial charge on any atom is 0.0437 e. The Morgan fingerprint density at radius 1 is 1.22 bits per heavy atom. The molecule has 0 aromatic heterocycles. The molecule has 1 rings (SSSR count). The van der Waals surface area contributed by atoms with E-state index in [-0.39, 0.29) is 0 Å². The van der Waals surface area contributed by atoms with Gasteiger partial charge in [-0.05, 0) is 5.30 Å². The summed E-state index contributed by atoms with van der Waals surface area (Å²) in [5.41, 5.74) is 0.740. The van der Waals surface area contributed by atoms with Gasteiger partial charge in [-0.1, -0.05) is 38.9 Å². The van der Waals surface area contributed by atoms with Gasteiger partial charge in [-0.2, -0.15) is 0 Å². The predicted octanol–water partition coefficient (Wildman–Crippen LogP) is 2.19. The van der Waals surface area contributed by atoms with E-state index in [1.165, 1.54) is 5.30 Å². The third kappa shape index (κ3) is 2.34. The van der Waals surface area contributed by atoms with Gasteiger partial charge >= 0.3 is 0 Å². The lowest BCUT2D eigenvalue weighted by atomic mass is 10.4. The van der Waals surface area contributed by atoms with E-state index in [1.54, 1.807) is 0 Å². The van der Waals surface area contributed by atoms with Crippen LogP contribution in [0.2, 0.25) is 0 Å². The predicted molar refractivity (Wildman–Crippen MR) is 45.1 cm³/mol. The van der Waals surface area contributed by atoms with Crippen molar-refractivity contribution in [3.63, 3.8) is 0 Å². The minimum atomic E-state index is 0.740. The van der Waals surface area contributed by atoms with Crippen LogP contribution in [-0.2, 0) is 0 Å². The zero-order valence-electron chi connectivity index (χ0n) is 4.97. The van der Waals surface area contributed by atoms with E-state index in [0.29, 0.717) is 0 Å². The van der Waals surface area contributed by atoms with Gasteiger partial charge in [0.05, 0.1) is 0 Å². The summed E-state index contributed by atoms with van der Waals surface area (Å²) in [6.45, 7) is 0. The second kappa shape index (κ2) is 3.87. The molecule has 0 aliphatic heterocycles. The first kappa shape index (κ1) is 7.05. The molecular formula is C7H8ClP. The van der Waals surface area contributed by atoms with Crippen molar-refractivity contribution in [2.45, 2.75) is 0 Å². The van der Waals surface area contributed by atoms with Crippen molar-refractivity contribution in [2.24, 2.45) is 0 Å². The molecule has 0 radical (unpaired) electrons. The van der Waals surface area contributed by atoms with Gasteiger partial charge in [0.2, 0.25) is 0 Å². The number of alkyl halides is 1. The SMILES string of the molecule is ClCPc1ccccc1. The lowest BCUT2D eigenvalue weighted by molar-refractivity contribution is 1.77. The highest BCUT2D eigenvalue weighted by Crippen LogP contribution is 2.09. The normalized spacial score (nSPS) is 10.8. The summed E-state index contributed by atoms with van der Waals surface area (Å²) >= 11 is 5.55. The molecule has 48 valence electrons. The molecule has 0 amide bonds. The van der Waals surface area contributed by atoms with Crippen molar-refractivity contribution in [2.75, 3.05) is 5.62 Å². The standard InChI is InChI=1S/C7H8ClP/c8-6-9-7-4-2-1-3-5-7/h1-5,9H,6H2. The summed E-state index contributed by atoms with van der Waals surface area (Å²) in [6.07, 6.45) is 0. The average Bonchev–Trinajstić information content (AvgIpc) is 1.91. The van der Waals surface area contributed by atoms with Crippen LogP contribution < -0.4 is 5.30 Å². The second-order valence-electron chi connectivity index (χ2n) is 1.68. The molecule has 1 atom stereocenters. The number of hydrogen-bond acceptors (Lipinski definition) is 0. The van der Waals surface area contributed by atoms with Crippen LogP contribution in [0.15, 0.2) is 30.3 Å². The van der Waals surface area contributed by atoms with Gasteiger partial charge < -0.3 is 0 Å². The van der Waals surface area contributed by atoms with E-state index >= 15 is 0 Å². The molecule has 1 aromatic carbocycles. The number of hydrogen-bond donors (Lipinski definition) is 0. The zero-order chi connectivity index (χ0) is 6.53.